The van der Waals surface area contributed by atoms with Gasteiger partial charge in [-0.3, -0.25) is 4.79 Å². The maximum atomic E-state index is 12.1. The van der Waals surface area contributed by atoms with E-state index in [1.165, 1.54) is 0 Å². The van der Waals surface area contributed by atoms with Gasteiger partial charge in [0.25, 0.3) is 5.91 Å². The van der Waals surface area contributed by atoms with Gasteiger partial charge in [-0.1, -0.05) is 28.4 Å². The van der Waals surface area contributed by atoms with Crippen molar-refractivity contribution >= 4 is 29.1 Å². The predicted octanol–water partition coefficient (Wildman–Crippen LogP) is 3.17. The normalized spacial score (nSPS) is 17.9. The van der Waals surface area contributed by atoms with Crippen molar-refractivity contribution in [2.24, 2.45) is 0 Å². The first-order chi connectivity index (χ1) is 10.1. The third-order valence-electron chi connectivity index (χ3n) is 3.22. The molecule has 0 saturated carbocycles. The standard InChI is InChI=1S/C14H12Cl2N2O3/c15-9-3-1-8(2-4-9)13-11(16)12(18-21-13)14(19)17-10-5-6-20-7-10/h1-4,10H,5-7H2,(H,17,19)/t10-/m1/s1. The molecule has 0 radical (unpaired) electrons. The van der Waals surface area contributed by atoms with E-state index >= 15 is 0 Å². The van der Waals surface area contributed by atoms with Gasteiger partial charge < -0.3 is 14.6 Å². The summed E-state index contributed by atoms with van der Waals surface area (Å²) in [4.78, 5) is 12.1. The van der Waals surface area contributed by atoms with Gasteiger partial charge in [0.2, 0.25) is 0 Å². The van der Waals surface area contributed by atoms with Crippen LogP contribution in [-0.4, -0.2) is 30.3 Å². The average Bonchev–Trinajstić information content (AvgIpc) is 3.09. The van der Waals surface area contributed by atoms with Crippen LogP contribution < -0.4 is 5.32 Å². The average molecular weight is 327 g/mol. The lowest BCUT2D eigenvalue weighted by Crippen LogP contribution is -2.35. The minimum atomic E-state index is -0.362. The van der Waals surface area contributed by atoms with Crippen molar-refractivity contribution in [1.82, 2.24) is 10.5 Å². The van der Waals surface area contributed by atoms with Crippen LogP contribution in [0.2, 0.25) is 10.0 Å². The van der Waals surface area contributed by atoms with E-state index in [1.807, 2.05) is 0 Å². The second kappa shape index (κ2) is 6.05. The third-order valence-corrected chi connectivity index (χ3v) is 3.82. The van der Waals surface area contributed by atoms with Gasteiger partial charge in [-0.2, -0.15) is 0 Å². The fraction of sp³-hybridized carbons (Fsp3) is 0.286. The molecule has 1 aromatic heterocycles. The van der Waals surface area contributed by atoms with Gasteiger partial charge >= 0.3 is 0 Å². The molecule has 1 aliphatic rings. The Labute approximate surface area is 131 Å². The highest BCUT2D eigenvalue weighted by molar-refractivity contribution is 6.35. The maximum absolute atomic E-state index is 12.1. The van der Waals surface area contributed by atoms with Gasteiger partial charge in [0.05, 0.1) is 12.6 Å². The molecule has 0 aliphatic carbocycles. The fourth-order valence-electron chi connectivity index (χ4n) is 2.10. The molecular formula is C14H12Cl2N2O3. The Morgan fingerprint density at radius 1 is 1.29 bits per heavy atom. The lowest BCUT2D eigenvalue weighted by atomic mass is 10.1. The van der Waals surface area contributed by atoms with Gasteiger partial charge in [-0.15, -0.1) is 0 Å². The summed E-state index contributed by atoms with van der Waals surface area (Å²) in [5, 5.41) is 7.38. The first-order valence-corrected chi connectivity index (χ1v) is 7.20. The SMILES string of the molecule is O=C(N[C@@H]1CCOC1)c1noc(-c2ccc(Cl)cc2)c1Cl. The summed E-state index contributed by atoms with van der Waals surface area (Å²) < 4.78 is 10.4. The van der Waals surface area contributed by atoms with Crippen LogP contribution in [0.5, 0.6) is 0 Å². The first-order valence-electron chi connectivity index (χ1n) is 6.45. The van der Waals surface area contributed by atoms with Crippen molar-refractivity contribution in [2.45, 2.75) is 12.5 Å². The first kappa shape index (κ1) is 14.4. The Hall–Kier alpha value is -1.56. The summed E-state index contributed by atoms with van der Waals surface area (Å²) in [6, 6.07) is 6.92. The molecule has 0 spiro atoms. The molecule has 3 rings (SSSR count). The quantitative estimate of drug-likeness (QED) is 0.940. The Kier molecular flexibility index (Phi) is 4.14. The zero-order valence-corrected chi connectivity index (χ0v) is 12.4. The Balaban J connectivity index is 1.81. The molecule has 21 heavy (non-hydrogen) atoms. The van der Waals surface area contributed by atoms with Crippen molar-refractivity contribution < 1.29 is 14.1 Å². The van der Waals surface area contributed by atoms with Gasteiger partial charge in [0.15, 0.2) is 11.5 Å². The zero-order chi connectivity index (χ0) is 14.8. The number of nitrogens with zero attached hydrogens (tertiary/aromatic N) is 1. The molecule has 7 heteroatoms. The fourth-order valence-corrected chi connectivity index (χ4v) is 2.49. The van der Waals surface area contributed by atoms with Crippen LogP contribution >= 0.6 is 23.2 Å². The van der Waals surface area contributed by atoms with E-state index in [0.29, 0.717) is 29.6 Å². The van der Waals surface area contributed by atoms with Gasteiger partial charge in [-0.05, 0) is 30.7 Å². The van der Waals surface area contributed by atoms with Crippen LogP contribution in [0, 0.1) is 0 Å². The predicted molar refractivity (Wildman–Crippen MR) is 78.6 cm³/mol. The number of halogens is 2. The minimum Gasteiger partial charge on any atom is -0.379 e. The van der Waals surface area contributed by atoms with Crippen molar-refractivity contribution in [1.29, 1.82) is 0 Å². The summed E-state index contributed by atoms with van der Waals surface area (Å²) in [5.41, 5.74) is 0.786. The number of rotatable bonds is 3. The van der Waals surface area contributed by atoms with E-state index in [-0.39, 0.29) is 22.7 Å². The lowest BCUT2D eigenvalue weighted by molar-refractivity contribution is 0.0921. The Bertz CT molecular complexity index is 649. The van der Waals surface area contributed by atoms with E-state index < -0.39 is 0 Å². The molecule has 1 fully saturated rings. The molecule has 0 unspecified atom stereocenters. The zero-order valence-electron chi connectivity index (χ0n) is 10.9. The number of carbonyl (C=O) groups excluding carboxylic acids is 1. The molecule has 2 aromatic rings. The van der Waals surface area contributed by atoms with Gasteiger partial charge in [0.1, 0.15) is 5.02 Å². The second-order valence-corrected chi connectivity index (χ2v) is 5.53. The summed E-state index contributed by atoms with van der Waals surface area (Å²) in [6.07, 6.45) is 0.783. The van der Waals surface area contributed by atoms with Crippen LogP contribution in [0.1, 0.15) is 16.9 Å². The lowest BCUT2D eigenvalue weighted by Gasteiger charge is -2.08. The van der Waals surface area contributed by atoms with Crippen molar-refractivity contribution in [3.8, 4) is 11.3 Å². The number of hydrogen-bond acceptors (Lipinski definition) is 4. The minimum absolute atomic E-state index is 0.00996. The van der Waals surface area contributed by atoms with Crippen molar-refractivity contribution in [3.63, 3.8) is 0 Å². The molecule has 1 amide bonds. The largest absolute Gasteiger partial charge is 0.379 e. The van der Waals surface area contributed by atoms with E-state index in [9.17, 15) is 4.79 Å². The second-order valence-electron chi connectivity index (χ2n) is 4.72. The van der Waals surface area contributed by atoms with Crippen molar-refractivity contribution in [3.05, 3.63) is 40.0 Å². The van der Waals surface area contributed by atoms with Crippen molar-refractivity contribution in [2.75, 3.05) is 13.2 Å². The molecule has 1 saturated heterocycles. The number of benzene rings is 1. The molecule has 110 valence electrons. The van der Waals surface area contributed by atoms with E-state index in [2.05, 4.69) is 10.5 Å². The molecule has 2 heterocycles. The number of ether oxygens (including phenoxy) is 1. The summed E-state index contributed by atoms with van der Waals surface area (Å²) >= 11 is 12.0. The summed E-state index contributed by atoms with van der Waals surface area (Å²) in [6.45, 7) is 1.15. The Morgan fingerprint density at radius 3 is 2.71 bits per heavy atom. The van der Waals surface area contributed by atoms with E-state index in [1.54, 1.807) is 24.3 Å². The number of carbonyl (C=O) groups is 1. The Morgan fingerprint density at radius 2 is 2.05 bits per heavy atom. The highest BCUT2D eigenvalue weighted by Gasteiger charge is 2.25. The van der Waals surface area contributed by atoms with E-state index in [0.717, 1.165) is 6.42 Å². The van der Waals surface area contributed by atoms with Crippen LogP contribution in [-0.2, 0) is 4.74 Å². The topological polar surface area (TPSA) is 64.4 Å². The smallest absolute Gasteiger partial charge is 0.275 e. The molecule has 0 bridgehead atoms. The number of nitrogens with one attached hydrogen (secondary N) is 1. The van der Waals surface area contributed by atoms with Crippen LogP contribution in [0.3, 0.4) is 0 Å². The molecule has 5 nitrogen and oxygen atoms in total. The highest BCUT2D eigenvalue weighted by atomic mass is 35.5. The number of amides is 1. The van der Waals surface area contributed by atoms with E-state index in [4.69, 9.17) is 32.5 Å². The molecule has 1 N–H and O–H groups in total. The molecule has 1 aromatic carbocycles. The highest BCUT2D eigenvalue weighted by Crippen LogP contribution is 2.31. The van der Waals surface area contributed by atoms with Crippen LogP contribution in [0.25, 0.3) is 11.3 Å². The molecule has 1 atom stereocenters. The molecular weight excluding hydrogens is 315 g/mol. The van der Waals surface area contributed by atoms with Crippen LogP contribution in [0.4, 0.5) is 0 Å². The summed E-state index contributed by atoms with van der Waals surface area (Å²) in [5.74, 6) is -0.0133. The van der Waals surface area contributed by atoms with Gasteiger partial charge in [-0.25, -0.2) is 0 Å². The number of aromatic nitrogens is 1. The monoisotopic (exact) mass is 326 g/mol. The molecule has 1 aliphatic heterocycles. The number of hydrogen-bond donors (Lipinski definition) is 1. The van der Waals surface area contributed by atoms with Crippen LogP contribution in [0.15, 0.2) is 28.8 Å². The maximum Gasteiger partial charge on any atom is 0.275 e. The summed E-state index contributed by atoms with van der Waals surface area (Å²) in [7, 11) is 0. The van der Waals surface area contributed by atoms with Gasteiger partial charge in [0, 0.05) is 17.2 Å². The third kappa shape index (κ3) is 3.05.